The predicted octanol–water partition coefficient (Wildman–Crippen LogP) is 3.04. The molecule has 1 amide bonds. The summed E-state index contributed by atoms with van der Waals surface area (Å²) in [5.74, 6) is 0.909. The molecule has 0 unspecified atom stereocenters. The first-order valence-corrected chi connectivity index (χ1v) is 8.96. The average molecular weight is 327 g/mol. The van der Waals surface area contributed by atoms with E-state index in [1.165, 1.54) is 0 Å². The molecule has 1 saturated carbocycles. The van der Waals surface area contributed by atoms with Crippen molar-refractivity contribution in [2.24, 2.45) is 0 Å². The molecule has 1 heterocycles. The van der Waals surface area contributed by atoms with Crippen molar-refractivity contribution in [2.45, 2.75) is 57.9 Å². The molecule has 1 aliphatic rings. The van der Waals surface area contributed by atoms with Gasteiger partial charge in [-0.15, -0.1) is 0 Å². The molecule has 1 N–H and O–H groups in total. The van der Waals surface area contributed by atoms with E-state index in [4.69, 9.17) is 0 Å². The Balaban J connectivity index is 1.57. The lowest BCUT2D eigenvalue weighted by Crippen LogP contribution is -2.33. The van der Waals surface area contributed by atoms with Crippen molar-refractivity contribution in [3.63, 3.8) is 0 Å². The van der Waals surface area contributed by atoms with E-state index in [2.05, 4.69) is 21.8 Å². The van der Waals surface area contributed by atoms with Crippen molar-refractivity contribution < 1.29 is 4.79 Å². The number of nitrogens with zero attached hydrogens (tertiary/aromatic N) is 2. The Morgan fingerprint density at radius 2 is 2.08 bits per heavy atom. The van der Waals surface area contributed by atoms with E-state index in [1.807, 2.05) is 18.2 Å². The molecule has 24 heavy (non-hydrogen) atoms. The standard InChI is InChI=1S/C19H25N3O2/c1-2-3-13-22(14-11-12-14)18(23)10-6-9-17-20-16-8-5-4-7-15(16)19(24)21-17/h4-5,7-8,14H,2-3,6,9-13H2,1H3,(H,20,21,24). The SMILES string of the molecule is CCCCN(C(=O)CCCc1nc2ccccc2c(=O)[nH]1)C1CC1. The minimum absolute atomic E-state index is 0.107. The van der Waals surface area contributed by atoms with Gasteiger partial charge in [0, 0.05) is 25.4 Å². The summed E-state index contributed by atoms with van der Waals surface area (Å²) in [6, 6.07) is 7.81. The van der Waals surface area contributed by atoms with Crippen LogP contribution < -0.4 is 5.56 Å². The largest absolute Gasteiger partial charge is 0.340 e. The number of aromatic amines is 1. The van der Waals surface area contributed by atoms with Crippen LogP contribution >= 0.6 is 0 Å². The molecule has 0 aliphatic heterocycles. The highest BCUT2D eigenvalue weighted by Crippen LogP contribution is 2.28. The van der Waals surface area contributed by atoms with E-state index in [-0.39, 0.29) is 11.5 Å². The van der Waals surface area contributed by atoms with E-state index in [1.54, 1.807) is 6.07 Å². The van der Waals surface area contributed by atoms with Gasteiger partial charge >= 0.3 is 0 Å². The molecule has 5 nitrogen and oxygen atoms in total. The van der Waals surface area contributed by atoms with Crippen molar-refractivity contribution in [3.8, 4) is 0 Å². The first-order valence-electron chi connectivity index (χ1n) is 8.96. The highest BCUT2D eigenvalue weighted by Gasteiger charge is 2.31. The maximum atomic E-state index is 12.4. The van der Waals surface area contributed by atoms with Crippen molar-refractivity contribution in [1.82, 2.24) is 14.9 Å². The van der Waals surface area contributed by atoms with Crippen molar-refractivity contribution in [1.29, 1.82) is 0 Å². The zero-order valence-electron chi connectivity index (χ0n) is 14.3. The molecule has 128 valence electrons. The number of carbonyl (C=O) groups excluding carboxylic acids is 1. The van der Waals surface area contributed by atoms with Gasteiger partial charge in [0.05, 0.1) is 10.9 Å². The molecule has 1 aromatic carbocycles. The summed E-state index contributed by atoms with van der Waals surface area (Å²) >= 11 is 0. The normalized spacial score (nSPS) is 14.0. The minimum atomic E-state index is -0.107. The fraction of sp³-hybridized carbons (Fsp3) is 0.526. The molecule has 2 aromatic rings. The molecular formula is C19H25N3O2. The highest BCUT2D eigenvalue weighted by molar-refractivity contribution is 5.77. The third-order valence-corrected chi connectivity index (χ3v) is 4.53. The Morgan fingerprint density at radius 1 is 1.29 bits per heavy atom. The van der Waals surface area contributed by atoms with Crippen molar-refractivity contribution in [3.05, 3.63) is 40.4 Å². The summed E-state index contributed by atoms with van der Waals surface area (Å²) in [6.07, 6.45) is 6.34. The van der Waals surface area contributed by atoms with Crippen molar-refractivity contribution in [2.75, 3.05) is 6.54 Å². The fourth-order valence-corrected chi connectivity index (χ4v) is 3.03. The molecule has 1 aliphatic carbocycles. The zero-order chi connectivity index (χ0) is 16.9. The van der Waals surface area contributed by atoms with Crippen LogP contribution in [0.2, 0.25) is 0 Å². The summed E-state index contributed by atoms with van der Waals surface area (Å²) in [5.41, 5.74) is 0.606. The van der Waals surface area contributed by atoms with Crippen LogP contribution in [-0.4, -0.2) is 33.4 Å². The lowest BCUT2D eigenvalue weighted by atomic mass is 10.2. The Hall–Kier alpha value is -2.17. The second kappa shape index (κ2) is 7.60. The molecule has 0 atom stereocenters. The van der Waals surface area contributed by atoms with Gasteiger partial charge < -0.3 is 9.88 Å². The number of benzene rings is 1. The molecule has 1 aromatic heterocycles. The molecule has 3 rings (SSSR count). The number of fused-ring (bicyclic) bond motifs is 1. The van der Waals surface area contributed by atoms with Gasteiger partial charge in [-0.25, -0.2) is 4.98 Å². The fourth-order valence-electron chi connectivity index (χ4n) is 3.03. The van der Waals surface area contributed by atoms with E-state index < -0.39 is 0 Å². The van der Waals surface area contributed by atoms with Gasteiger partial charge in [0.25, 0.3) is 5.56 Å². The van der Waals surface area contributed by atoms with Gasteiger partial charge in [0.15, 0.2) is 0 Å². The predicted molar refractivity (Wildman–Crippen MR) is 94.9 cm³/mol. The summed E-state index contributed by atoms with van der Waals surface area (Å²) in [6.45, 7) is 3.03. The van der Waals surface area contributed by atoms with E-state index in [0.717, 1.165) is 38.6 Å². The Labute approximate surface area is 142 Å². The molecular weight excluding hydrogens is 302 g/mol. The smallest absolute Gasteiger partial charge is 0.258 e. The number of aryl methyl sites for hydroxylation is 1. The lowest BCUT2D eigenvalue weighted by Gasteiger charge is -2.22. The topological polar surface area (TPSA) is 66.1 Å². The number of unbranched alkanes of at least 4 members (excludes halogenated alkanes) is 1. The molecule has 5 heteroatoms. The number of para-hydroxylation sites is 1. The number of carbonyl (C=O) groups is 1. The monoisotopic (exact) mass is 327 g/mol. The van der Waals surface area contributed by atoms with Crippen LogP contribution in [0.4, 0.5) is 0 Å². The second-order valence-electron chi connectivity index (χ2n) is 6.56. The maximum Gasteiger partial charge on any atom is 0.258 e. The summed E-state index contributed by atoms with van der Waals surface area (Å²) in [4.78, 5) is 33.9. The molecule has 0 saturated heterocycles. The van der Waals surface area contributed by atoms with Crippen LogP contribution in [0, 0.1) is 0 Å². The number of hydrogen-bond acceptors (Lipinski definition) is 3. The minimum Gasteiger partial charge on any atom is -0.340 e. The number of nitrogens with one attached hydrogen (secondary N) is 1. The summed E-state index contributed by atoms with van der Waals surface area (Å²) in [5, 5.41) is 0.608. The van der Waals surface area contributed by atoms with E-state index in [0.29, 0.717) is 35.6 Å². The molecule has 0 radical (unpaired) electrons. The summed E-state index contributed by atoms with van der Waals surface area (Å²) in [7, 11) is 0. The number of H-pyrrole nitrogens is 1. The van der Waals surface area contributed by atoms with Crippen LogP contribution in [0.3, 0.4) is 0 Å². The first-order chi connectivity index (χ1) is 11.7. The highest BCUT2D eigenvalue weighted by atomic mass is 16.2. The van der Waals surface area contributed by atoms with Crippen LogP contribution in [0.25, 0.3) is 10.9 Å². The first kappa shape index (κ1) is 16.7. The van der Waals surface area contributed by atoms with Crippen LogP contribution in [0.1, 0.15) is 51.3 Å². The third kappa shape index (κ3) is 4.02. The number of hydrogen-bond donors (Lipinski definition) is 1. The average Bonchev–Trinajstić information content (AvgIpc) is 3.40. The van der Waals surface area contributed by atoms with Gasteiger partial charge in [-0.3, -0.25) is 9.59 Å². The third-order valence-electron chi connectivity index (χ3n) is 4.53. The second-order valence-corrected chi connectivity index (χ2v) is 6.56. The van der Waals surface area contributed by atoms with E-state index >= 15 is 0 Å². The molecule has 1 fully saturated rings. The van der Waals surface area contributed by atoms with Crippen LogP contribution in [0.15, 0.2) is 29.1 Å². The van der Waals surface area contributed by atoms with Crippen LogP contribution in [0.5, 0.6) is 0 Å². The number of aromatic nitrogens is 2. The van der Waals surface area contributed by atoms with Gasteiger partial charge in [0.1, 0.15) is 5.82 Å². The Kier molecular flexibility index (Phi) is 5.28. The lowest BCUT2D eigenvalue weighted by molar-refractivity contribution is -0.131. The van der Waals surface area contributed by atoms with Gasteiger partial charge in [0.2, 0.25) is 5.91 Å². The summed E-state index contributed by atoms with van der Waals surface area (Å²) < 4.78 is 0. The molecule has 0 bridgehead atoms. The quantitative estimate of drug-likeness (QED) is 0.810. The van der Waals surface area contributed by atoms with Crippen LogP contribution in [-0.2, 0) is 11.2 Å². The number of amides is 1. The zero-order valence-corrected chi connectivity index (χ0v) is 14.3. The Morgan fingerprint density at radius 3 is 2.83 bits per heavy atom. The van der Waals surface area contributed by atoms with Gasteiger partial charge in [-0.05, 0) is 37.8 Å². The maximum absolute atomic E-state index is 12.4. The Bertz CT molecular complexity index is 765. The van der Waals surface area contributed by atoms with E-state index in [9.17, 15) is 9.59 Å². The molecule has 0 spiro atoms. The van der Waals surface area contributed by atoms with Gasteiger partial charge in [-0.2, -0.15) is 0 Å². The number of rotatable bonds is 8. The van der Waals surface area contributed by atoms with Crippen molar-refractivity contribution >= 4 is 16.8 Å². The van der Waals surface area contributed by atoms with Gasteiger partial charge in [-0.1, -0.05) is 25.5 Å².